The SMILES string of the molecule is COc1cc(F)c(C(=O)O)cc1C1OC=CO1. The van der Waals surface area contributed by atoms with E-state index in [1.54, 1.807) is 0 Å². The van der Waals surface area contributed by atoms with Crippen molar-refractivity contribution in [3.05, 3.63) is 41.6 Å². The van der Waals surface area contributed by atoms with E-state index in [2.05, 4.69) is 0 Å². The van der Waals surface area contributed by atoms with Gasteiger partial charge in [-0.25, -0.2) is 9.18 Å². The average molecular weight is 240 g/mol. The van der Waals surface area contributed by atoms with Gasteiger partial charge >= 0.3 is 5.97 Å². The number of hydrogen-bond donors (Lipinski definition) is 1. The van der Waals surface area contributed by atoms with Gasteiger partial charge in [-0.3, -0.25) is 0 Å². The first-order valence-corrected chi connectivity index (χ1v) is 4.70. The van der Waals surface area contributed by atoms with E-state index in [0.717, 1.165) is 12.1 Å². The Morgan fingerprint density at radius 3 is 2.59 bits per heavy atom. The van der Waals surface area contributed by atoms with Crippen molar-refractivity contribution in [3.63, 3.8) is 0 Å². The zero-order valence-corrected chi connectivity index (χ0v) is 8.84. The van der Waals surface area contributed by atoms with Crippen LogP contribution in [0.25, 0.3) is 0 Å². The van der Waals surface area contributed by atoms with E-state index in [-0.39, 0.29) is 5.75 Å². The van der Waals surface area contributed by atoms with E-state index < -0.39 is 23.6 Å². The first kappa shape index (κ1) is 11.3. The number of carbonyl (C=O) groups is 1. The molecular weight excluding hydrogens is 231 g/mol. The lowest BCUT2D eigenvalue weighted by molar-refractivity contribution is -0.0262. The van der Waals surface area contributed by atoms with Crippen molar-refractivity contribution in [3.8, 4) is 5.75 Å². The molecule has 0 saturated heterocycles. The Morgan fingerprint density at radius 1 is 1.41 bits per heavy atom. The van der Waals surface area contributed by atoms with Crippen molar-refractivity contribution < 1.29 is 28.5 Å². The maximum atomic E-state index is 13.4. The summed E-state index contributed by atoms with van der Waals surface area (Å²) in [6.07, 6.45) is 1.81. The second kappa shape index (κ2) is 4.32. The minimum absolute atomic E-state index is 0.168. The number of halogens is 1. The molecule has 1 aliphatic heterocycles. The molecule has 2 rings (SSSR count). The molecule has 0 spiro atoms. The van der Waals surface area contributed by atoms with Crippen molar-refractivity contribution in [2.45, 2.75) is 6.29 Å². The third kappa shape index (κ3) is 2.01. The van der Waals surface area contributed by atoms with Crippen LogP contribution in [0.2, 0.25) is 0 Å². The molecule has 5 nitrogen and oxygen atoms in total. The van der Waals surface area contributed by atoms with Gasteiger partial charge in [-0.15, -0.1) is 0 Å². The molecule has 0 bridgehead atoms. The van der Waals surface area contributed by atoms with Gasteiger partial charge in [-0.1, -0.05) is 0 Å². The van der Waals surface area contributed by atoms with E-state index in [0.29, 0.717) is 5.56 Å². The van der Waals surface area contributed by atoms with Gasteiger partial charge in [-0.05, 0) is 6.07 Å². The second-order valence-corrected chi connectivity index (χ2v) is 3.26. The highest BCUT2D eigenvalue weighted by Crippen LogP contribution is 2.33. The van der Waals surface area contributed by atoms with E-state index >= 15 is 0 Å². The largest absolute Gasteiger partial charge is 0.496 e. The fourth-order valence-electron chi connectivity index (χ4n) is 1.48. The predicted molar refractivity (Wildman–Crippen MR) is 54.0 cm³/mol. The molecule has 0 amide bonds. The van der Waals surface area contributed by atoms with Crippen LogP contribution in [0.4, 0.5) is 4.39 Å². The Morgan fingerprint density at radius 2 is 2.06 bits per heavy atom. The number of carboxylic acid groups (broad SMARTS) is 1. The maximum Gasteiger partial charge on any atom is 0.338 e. The molecule has 6 heteroatoms. The topological polar surface area (TPSA) is 65.0 Å². The summed E-state index contributed by atoms with van der Waals surface area (Å²) in [5.41, 5.74) is -0.142. The highest BCUT2D eigenvalue weighted by Gasteiger charge is 2.24. The van der Waals surface area contributed by atoms with Crippen LogP contribution in [-0.2, 0) is 9.47 Å². The number of benzene rings is 1. The summed E-state index contributed by atoms with van der Waals surface area (Å²) in [5, 5.41) is 8.82. The molecule has 17 heavy (non-hydrogen) atoms. The summed E-state index contributed by atoms with van der Waals surface area (Å²) in [7, 11) is 1.35. The minimum Gasteiger partial charge on any atom is -0.496 e. The van der Waals surface area contributed by atoms with Crippen LogP contribution in [0.1, 0.15) is 22.2 Å². The quantitative estimate of drug-likeness (QED) is 0.875. The van der Waals surface area contributed by atoms with Crippen LogP contribution in [0.15, 0.2) is 24.7 Å². The van der Waals surface area contributed by atoms with Gasteiger partial charge in [0.1, 0.15) is 24.1 Å². The zero-order chi connectivity index (χ0) is 12.4. The van der Waals surface area contributed by atoms with Crippen molar-refractivity contribution in [1.29, 1.82) is 0 Å². The number of rotatable bonds is 3. The molecule has 90 valence electrons. The zero-order valence-electron chi connectivity index (χ0n) is 8.84. The highest BCUT2D eigenvalue weighted by atomic mass is 19.1. The number of methoxy groups -OCH3 is 1. The van der Waals surface area contributed by atoms with Crippen molar-refractivity contribution in [2.24, 2.45) is 0 Å². The third-order valence-corrected chi connectivity index (χ3v) is 2.26. The predicted octanol–water partition coefficient (Wildman–Crippen LogP) is 2.05. The molecule has 1 aromatic carbocycles. The summed E-state index contributed by atoms with van der Waals surface area (Å²) in [6.45, 7) is 0. The summed E-state index contributed by atoms with van der Waals surface area (Å²) < 4.78 is 28.5. The fraction of sp³-hybridized carbons (Fsp3) is 0.182. The molecule has 1 aromatic rings. The van der Waals surface area contributed by atoms with Crippen LogP contribution < -0.4 is 4.74 Å². The summed E-state index contributed by atoms with van der Waals surface area (Å²) in [4.78, 5) is 10.8. The Bertz CT molecular complexity index is 475. The Kier molecular flexibility index (Phi) is 2.86. The van der Waals surface area contributed by atoms with Gasteiger partial charge in [0.2, 0.25) is 0 Å². The van der Waals surface area contributed by atoms with Gasteiger partial charge in [0, 0.05) is 6.07 Å². The Labute approximate surface area is 96.0 Å². The third-order valence-electron chi connectivity index (χ3n) is 2.26. The molecule has 1 N–H and O–H groups in total. The molecular formula is C11H9FO5. The van der Waals surface area contributed by atoms with E-state index in [9.17, 15) is 9.18 Å². The molecule has 0 radical (unpaired) electrons. The molecule has 0 aromatic heterocycles. The van der Waals surface area contributed by atoms with Crippen LogP contribution in [0.3, 0.4) is 0 Å². The van der Waals surface area contributed by atoms with E-state index in [1.165, 1.54) is 19.6 Å². The van der Waals surface area contributed by atoms with Gasteiger partial charge in [0.15, 0.2) is 0 Å². The van der Waals surface area contributed by atoms with Crippen LogP contribution in [-0.4, -0.2) is 18.2 Å². The number of carboxylic acids is 1. The molecule has 0 fully saturated rings. The van der Waals surface area contributed by atoms with Crippen LogP contribution >= 0.6 is 0 Å². The van der Waals surface area contributed by atoms with Crippen molar-refractivity contribution in [1.82, 2.24) is 0 Å². The van der Waals surface area contributed by atoms with Crippen molar-refractivity contribution in [2.75, 3.05) is 7.11 Å². The normalized spacial score (nSPS) is 14.2. The lowest BCUT2D eigenvalue weighted by atomic mass is 10.1. The monoisotopic (exact) mass is 240 g/mol. The average Bonchev–Trinajstić information content (AvgIpc) is 2.81. The van der Waals surface area contributed by atoms with Gasteiger partial charge in [-0.2, -0.15) is 0 Å². The van der Waals surface area contributed by atoms with Crippen LogP contribution in [0, 0.1) is 5.82 Å². The number of aromatic carboxylic acids is 1. The maximum absolute atomic E-state index is 13.4. The lowest BCUT2D eigenvalue weighted by Crippen LogP contribution is -2.07. The standard InChI is InChI=1S/C11H9FO5/c1-15-9-5-8(12)6(10(13)14)4-7(9)11-16-2-3-17-11/h2-5,11H,1H3,(H,13,14). The molecule has 1 heterocycles. The summed E-state index contributed by atoms with van der Waals surface area (Å²) in [5.74, 6) is -2.07. The Balaban J connectivity index is 2.47. The van der Waals surface area contributed by atoms with E-state index in [4.69, 9.17) is 19.3 Å². The van der Waals surface area contributed by atoms with Gasteiger partial charge in [0.25, 0.3) is 6.29 Å². The highest BCUT2D eigenvalue weighted by molar-refractivity contribution is 5.88. The van der Waals surface area contributed by atoms with E-state index in [1.807, 2.05) is 0 Å². The summed E-state index contributed by atoms with van der Waals surface area (Å²) >= 11 is 0. The lowest BCUT2D eigenvalue weighted by Gasteiger charge is -2.15. The van der Waals surface area contributed by atoms with Gasteiger partial charge in [0.05, 0.1) is 18.2 Å². The first-order valence-electron chi connectivity index (χ1n) is 4.70. The molecule has 0 aliphatic carbocycles. The van der Waals surface area contributed by atoms with Gasteiger partial charge < -0.3 is 19.3 Å². The number of hydrogen-bond acceptors (Lipinski definition) is 4. The smallest absolute Gasteiger partial charge is 0.338 e. The molecule has 0 unspecified atom stereocenters. The molecule has 1 aliphatic rings. The molecule has 0 saturated carbocycles. The molecule has 0 atom stereocenters. The van der Waals surface area contributed by atoms with Crippen molar-refractivity contribution >= 4 is 5.97 Å². The second-order valence-electron chi connectivity index (χ2n) is 3.26. The van der Waals surface area contributed by atoms with Crippen LogP contribution in [0.5, 0.6) is 5.75 Å². The minimum atomic E-state index is -1.36. The fourth-order valence-corrected chi connectivity index (χ4v) is 1.48. The number of ether oxygens (including phenoxy) is 3. The Hall–Kier alpha value is -2.24. The summed E-state index contributed by atoms with van der Waals surface area (Å²) in [6, 6.07) is 2.12. The first-order chi connectivity index (χ1) is 8.13.